The van der Waals surface area contributed by atoms with Gasteiger partial charge >= 0.3 is 0 Å². The van der Waals surface area contributed by atoms with Crippen LogP contribution >= 0.6 is 0 Å². The van der Waals surface area contributed by atoms with Crippen LogP contribution in [0.5, 0.6) is 5.88 Å². The number of allylic oxidation sites excluding steroid dienone is 1. The maximum absolute atomic E-state index is 15.0. The molecule has 0 spiro atoms. The highest BCUT2D eigenvalue weighted by Gasteiger charge is 2.51. The minimum Gasteiger partial charge on any atom is -0.479 e. The molecule has 1 saturated carbocycles. The number of pyridine rings is 1. The quantitative estimate of drug-likeness (QED) is 0.746. The normalized spacial score (nSPS) is 31.3. The van der Waals surface area contributed by atoms with Crippen molar-refractivity contribution in [1.82, 2.24) is 9.88 Å². The Labute approximate surface area is 183 Å². The summed E-state index contributed by atoms with van der Waals surface area (Å²) in [5.41, 5.74) is 0.916. The number of likely N-dealkylation sites (N-methyl/N-ethyl adjacent to an activating group) is 1. The lowest BCUT2D eigenvalue weighted by Gasteiger charge is -2.45. The zero-order valence-corrected chi connectivity index (χ0v) is 19.4. The molecule has 4 rings (SSSR count). The standard InChI is InChI=1S/C22H31FN4O3S/c1-14-11-22(23,12-14)20-15(2)9-17(13-24-20)31(28,29)26-19-10-16-5-7-27(3)8-6-18(16)25-21(19)30-4/h9-10,13-15,20,26H,5-8,11-12H2,1-4H3/t14-,15?,20?,22+. The van der Waals surface area contributed by atoms with E-state index < -0.39 is 21.7 Å². The minimum atomic E-state index is -3.91. The number of sulfonamides is 1. The van der Waals surface area contributed by atoms with E-state index in [9.17, 15) is 8.42 Å². The molecule has 1 aliphatic carbocycles. The highest BCUT2D eigenvalue weighted by atomic mass is 32.2. The van der Waals surface area contributed by atoms with E-state index >= 15 is 4.39 Å². The van der Waals surface area contributed by atoms with Gasteiger partial charge in [0.15, 0.2) is 0 Å². The Morgan fingerprint density at radius 3 is 2.61 bits per heavy atom. The van der Waals surface area contributed by atoms with Crippen LogP contribution in [0.25, 0.3) is 0 Å². The molecule has 2 unspecified atom stereocenters. The largest absolute Gasteiger partial charge is 0.479 e. The monoisotopic (exact) mass is 450 g/mol. The highest BCUT2D eigenvalue weighted by Crippen LogP contribution is 2.47. The van der Waals surface area contributed by atoms with Crippen LogP contribution in [-0.2, 0) is 22.9 Å². The maximum Gasteiger partial charge on any atom is 0.263 e. The summed E-state index contributed by atoms with van der Waals surface area (Å²) in [7, 11) is -0.375. The molecule has 31 heavy (non-hydrogen) atoms. The molecule has 2 aliphatic heterocycles. The van der Waals surface area contributed by atoms with E-state index in [2.05, 4.69) is 26.6 Å². The number of methoxy groups -OCH3 is 1. The van der Waals surface area contributed by atoms with Gasteiger partial charge in [0.2, 0.25) is 5.88 Å². The average molecular weight is 451 g/mol. The van der Waals surface area contributed by atoms with Crippen molar-refractivity contribution in [1.29, 1.82) is 0 Å². The number of alkyl halides is 1. The molecular formula is C22H31FN4O3S. The van der Waals surface area contributed by atoms with Gasteiger partial charge in [-0.25, -0.2) is 17.8 Å². The first-order chi connectivity index (χ1) is 14.6. The number of anilines is 1. The number of ether oxygens (including phenoxy) is 1. The second-order valence-corrected chi connectivity index (χ2v) is 10.9. The first-order valence-electron chi connectivity index (χ1n) is 10.8. The van der Waals surface area contributed by atoms with E-state index in [0.29, 0.717) is 24.4 Å². The van der Waals surface area contributed by atoms with E-state index in [0.717, 1.165) is 37.2 Å². The van der Waals surface area contributed by atoms with Gasteiger partial charge in [-0.3, -0.25) is 9.71 Å². The molecular weight excluding hydrogens is 419 g/mol. The van der Waals surface area contributed by atoms with Crippen LogP contribution in [0.15, 0.2) is 22.0 Å². The van der Waals surface area contributed by atoms with Gasteiger partial charge in [0.05, 0.1) is 13.2 Å². The van der Waals surface area contributed by atoms with E-state index in [1.165, 1.54) is 13.3 Å². The molecule has 3 aliphatic rings. The van der Waals surface area contributed by atoms with Crippen molar-refractivity contribution in [2.24, 2.45) is 16.8 Å². The molecule has 7 nitrogen and oxygen atoms in total. The summed E-state index contributed by atoms with van der Waals surface area (Å²) in [5.74, 6) is 0.283. The Morgan fingerprint density at radius 1 is 1.26 bits per heavy atom. The Kier molecular flexibility index (Phi) is 5.85. The lowest BCUT2D eigenvalue weighted by Crippen LogP contribution is -2.51. The fourth-order valence-electron chi connectivity index (χ4n) is 4.95. The number of halogens is 1. The van der Waals surface area contributed by atoms with Gasteiger partial charge in [0.25, 0.3) is 10.0 Å². The van der Waals surface area contributed by atoms with Gasteiger partial charge in [-0.15, -0.1) is 0 Å². The topological polar surface area (TPSA) is 83.9 Å². The number of aromatic nitrogens is 1. The molecule has 3 heterocycles. The molecule has 1 fully saturated rings. The van der Waals surface area contributed by atoms with Crippen molar-refractivity contribution in [3.63, 3.8) is 0 Å². The molecule has 0 bridgehead atoms. The average Bonchev–Trinajstić information content (AvgIpc) is 2.87. The highest BCUT2D eigenvalue weighted by molar-refractivity contribution is 7.97. The lowest BCUT2D eigenvalue weighted by molar-refractivity contribution is -0.0174. The van der Waals surface area contributed by atoms with E-state index in [1.807, 2.05) is 19.9 Å². The van der Waals surface area contributed by atoms with Crippen LogP contribution in [0.3, 0.4) is 0 Å². The van der Waals surface area contributed by atoms with E-state index in [1.54, 1.807) is 6.08 Å². The van der Waals surface area contributed by atoms with Crippen molar-refractivity contribution >= 4 is 21.9 Å². The van der Waals surface area contributed by atoms with E-state index in [4.69, 9.17) is 4.74 Å². The third-order valence-electron chi connectivity index (χ3n) is 6.59. The zero-order chi connectivity index (χ0) is 22.4. The van der Waals surface area contributed by atoms with Crippen molar-refractivity contribution in [3.8, 4) is 5.88 Å². The van der Waals surface area contributed by atoms with Gasteiger partial charge < -0.3 is 9.64 Å². The molecule has 0 aromatic carbocycles. The molecule has 170 valence electrons. The Balaban J connectivity index is 1.56. The second kappa shape index (κ2) is 8.16. The van der Waals surface area contributed by atoms with Gasteiger partial charge in [-0.1, -0.05) is 19.9 Å². The summed E-state index contributed by atoms with van der Waals surface area (Å²) in [5, 5.41) is 0. The van der Waals surface area contributed by atoms with Crippen molar-refractivity contribution in [3.05, 3.63) is 28.3 Å². The van der Waals surface area contributed by atoms with Gasteiger partial charge in [-0.05, 0) is 43.9 Å². The number of nitrogens with zero attached hydrogens (tertiary/aromatic N) is 3. The summed E-state index contributed by atoms with van der Waals surface area (Å²) in [6.45, 7) is 5.62. The molecule has 0 radical (unpaired) electrons. The van der Waals surface area contributed by atoms with Gasteiger partial charge in [0, 0.05) is 37.3 Å². The lowest BCUT2D eigenvalue weighted by atomic mass is 9.66. The van der Waals surface area contributed by atoms with Crippen LogP contribution in [0.1, 0.15) is 37.9 Å². The first-order valence-corrected chi connectivity index (χ1v) is 12.3. The molecule has 0 amide bonds. The molecule has 1 aromatic heterocycles. The van der Waals surface area contributed by atoms with E-state index in [-0.39, 0.29) is 16.7 Å². The smallest absolute Gasteiger partial charge is 0.263 e. The SMILES string of the molecule is COc1nc2c(cc1NS(=O)(=O)C1=CC(C)C([C@]3(F)C[C@@H](C)C3)N=C1)CCN(C)CC2. The van der Waals surface area contributed by atoms with Crippen molar-refractivity contribution in [2.75, 3.05) is 32.0 Å². The Bertz CT molecular complexity index is 1020. The van der Waals surface area contributed by atoms with Crippen molar-refractivity contribution < 1.29 is 17.5 Å². The van der Waals surface area contributed by atoms with Crippen molar-refractivity contribution in [2.45, 2.75) is 51.2 Å². The zero-order valence-electron chi connectivity index (χ0n) is 18.6. The summed E-state index contributed by atoms with van der Waals surface area (Å²) in [6.07, 6.45) is 5.41. The van der Waals surface area contributed by atoms with Gasteiger partial charge in [-0.2, -0.15) is 0 Å². The maximum atomic E-state index is 15.0. The number of dihydropyridines is 1. The molecule has 0 saturated heterocycles. The number of aliphatic imine (C=N–C) groups is 1. The predicted octanol–water partition coefficient (Wildman–Crippen LogP) is 2.97. The Hall–Kier alpha value is -2.00. The molecule has 9 heteroatoms. The number of nitrogens with one attached hydrogen (secondary N) is 1. The van der Waals surface area contributed by atoms with Gasteiger partial charge in [0.1, 0.15) is 16.3 Å². The number of rotatable bonds is 5. The summed E-state index contributed by atoms with van der Waals surface area (Å²) < 4.78 is 49.2. The fraction of sp³-hybridized carbons (Fsp3) is 0.636. The van der Waals surface area contributed by atoms with Crippen LogP contribution in [0.4, 0.5) is 10.1 Å². The number of hydrogen-bond acceptors (Lipinski definition) is 6. The summed E-state index contributed by atoms with van der Waals surface area (Å²) >= 11 is 0. The predicted molar refractivity (Wildman–Crippen MR) is 120 cm³/mol. The Morgan fingerprint density at radius 2 is 1.97 bits per heavy atom. The van der Waals surface area contributed by atoms with Crippen LogP contribution in [-0.4, -0.2) is 63.5 Å². The van der Waals surface area contributed by atoms with Crippen LogP contribution in [0, 0.1) is 11.8 Å². The fourth-order valence-corrected chi connectivity index (χ4v) is 6.09. The third kappa shape index (κ3) is 4.35. The minimum absolute atomic E-state index is 0.0453. The number of hydrogen-bond donors (Lipinski definition) is 1. The summed E-state index contributed by atoms with van der Waals surface area (Å²) in [6, 6.07) is 1.28. The number of fused-ring (bicyclic) bond motifs is 1. The molecule has 2 atom stereocenters. The van der Waals surface area contributed by atoms with Crippen LogP contribution < -0.4 is 9.46 Å². The third-order valence-corrected chi connectivity index (χ3v) is 7.94. The molecule has 1 aromatic rings. The first kappa shape index (κ1) is 22.2. The molecule has 1 N–H and O–H groups in total. The van der Waals surface area contributed by atoms with Crippen LogP contribution in [0.2, 0.25) is 0 Å². The second-order valence-electron chi connectivity index (χ2n) is 9.26. The summed E-state index contributed by atoms with van der Waals surface area (Å²) in [4.78, 5) is 11.2.